The largest absolute Gasteiger partial charge is 0.507 e. The Morgan fingerprint density at radius 2 is 2.09 bits per heavy atom. The quantitative estimate of drug-likeness (QED) is 0.652. The van der Waals surface area contributed by atoms with Crippen molar-refractivity contribution in [1.29, 1.82) is 0 Å². The monoisotopic (exact) mass is 332 g/mol. The number of rotatable bonds is 5. The van der Waals surface area contributed by atoms with Gasteiger partial charge in [0.15, 0.2) is 6.10 Å². The summed E-state index contributed by atoms with van der Waals surface area (Å²) in [5, 5.41) is 14.0. The maximum Gasteiger partial charge on any atom is 0.280 e. The normalized spacial score (nSPS) is 12.1. The highest BCUT2D eigenvalue weighted by atomic mass is 35.5. The summed E-state index contributed by atoms with van der Waals surface area (Å²) in [6.07, 6.45) is 0.643. The van der Waals surface area contributed by atoms with Crippen molar-refractivity contribution in [3.8, 4) is 11.5 Å². The fourth-order valence-corrected chi connectivity index (χ4v) is 2.07. The zero-order valence-electron chi connectivity index (χ0n) is 12.8. The van der Waals surface area contributed by atoms with Gasteiger partial charge in [0.25, 0.3) is 5.91 Å². The number of carbonyl (C=O) groups is 1. The van der Waals surface area contributed by atoms with E-state index in [1.165, 1.54) is 12.3 Å². The van der Waals surface area contributed by atoms with Crippen LogP contribution in [0.2, 0.25) is 5.02 Å². The lowest BCUT2D eigenvalue weighted by Gasteiger charge is -2.14. The Labute approximate surface area is 139 Å². The lowest BCUT2D eigenvalue weighted by molar-refractivity contribution is -0.127. The summed E-state index contributed by atoms with van der Waals surface area (Å²) < 4.78 is 5.59. The number of amides is 1. The molecule has 0 heterocycles. The summed E-state index contributed by atoms with van der Waals surface area (Å²) >= 11 is 5.88. The summed E-state index contributed by atoms with van der Waals surface area (Å²) in [5.41, 5.74) is 3.73. The van der Waals surface area contributed by atoms with Gasteiger partial charge in [-0.25, -0.2) is 5.43 Å². The third-order valence-corrected chi connectivity index (χ3v) is 3.36. The van der Waals surface area contributed by atoms with Gasteiger partial charge in [0.05, 0.1) is 6.21 Å². The molecule has 0 radical (unpaired) electrons. The molecule has 23 heavy (non-hydrogen) atoms. The predicted molar refractivity (Wildman–Crippen MR) is 90.1 cm³/mol. The number of phenols is 1. The highest BCUT2D eigenvalue weighted by Gasteiger charge is 2.15. The van der Waals surface area contributed by atoms with Gasteiger partial charge in [0, 0.05) is 10.6 Å². The van der Waals surface area contributed by atoms with E-state index >= 15 is 0 Å². The van der Waals surface area contributed by atoms with Crippen molar-refractivity contribution in [1.82, 2.24) is 5.43 Å². The smallest absolute Gasteiger partial charge is 0.280 e. The molecule has 2 aromatic carbocycles. The van der Waals surface area contributed by atoms with Gasteiger partial charge < -0.3 is 9.84 Å². The maximum absolute atomic E-state index is 12.0. The second kappa shape index (κ2) is 7.65. The van der Waals surface area contributed by atoms with Crippen molar-refractivity contribution in [3.63, 3.8) is 0 Å². The van der Waals surface area contributed by atoms with Crippen LogP contribution in [0.3, 0.4) is 0 Å². The second-order valence-electron chi connectivity index (χ2n) is 4.96. The number of hydrogen-bond donors (Lipinski definition) is 2. The number of nitrogens with zero attached hydrogens (tertiary/aromatic N) is 1. The molecule has 6 heteroatoms. The number of halogens is 1. The van der Waals surface area contributed by atoms with Gasteiger partial charge in [-0.3, -0.25) is 4.79 Å². The SMILES string of the molecule is Cc1cc(Cl)ccc1OC(C)C(=O)NN=Cc1ccccc1O. The Morgan fingerprint density at radius 1 is 1.35 bits per heavy atom. The first-order valence-electron chi connectivity index (χ1n) is 7.01. The summed E-state index contributed by atoms with van der Waals surface area (Å²) in [5.74, 6) is 0.277. The molecule has 0 aliphatic carbocycles. The first-order chi connectivity index (χ1) is 11.0. The summed E-state index contributed by atoms with van der Waals surface area (Å²) in [6.45, 7) is 3.47. The molecule has 1 atom stereocenters. The Morgan fingerprint density at radius 3 is 2.78 bits per heavy atom. The molecule has 0 aliphatic heterocycles. The standard InChI is InChI=1S/C17H17ClN2O3/c1-11-9-14(18)7-8-16(11)23-12(2)17(22)20-19-10-13-5-3-4-6-15(13)21/h3-10,12,21H,1-2H3,(H,20,22). The van der Waals surface area contributed by atoms with Crippen molar-refractivity contribution in [2.45, 2.75) is 20.0 Å². The van der Waals surface area contributed by atoms with E-state index in [9.17, 15) is 9.90 Å². The number of carbonyl (C=O) groups excluding carboxylic acids is 1. The molecule has 0 fully saturated rings. The molecule has 0 spiro atoms. The summed E-state index contributed by atoms with van der Waals surface area (Å²) in [6, 6.07) is 11.9. The molecular formula is C17H17ClN2O3. The Hall–Kier alpha value is -2.53. The van der Waals surface area contributed by atoms with Crippen LogP contribution in [0.1, 0.15) is 18.1 Å². The van der Waals surface area contributed by atoms with Crippen LogP contribution in [-0.2, 0) is 4.79 Å². The molecule has 1 amide bonds. The van der Waals surface area contributed by atoms with Crippen LogP contribution >= 0.6 is 11.6 Å². The molecule has 1 unspecified atom stereocenters. The van der Waals surface area contributed by atoms with Gasteiger partial charge in [0.2, 0.25) is 0 Å². The Kier molecular flexibility index (Phi) is 5.60. The van der Waals surface area contributed by atoms with Crippen molar-refractivity contribution in [3.05, 3.63) is 58.6 Å². The summed E-state index contributed by atoms with van der Waals surface area (Å²) in [4.78, 5) is 12.0. The lowest BCUT2D eigenvalue weighted by Crippen LogP contribution is -2.33. The molecule has 0 aliphatic rings. The van der Waals surface area contributed by atoms with E-state index in [0.29, 0.717) is 16.3 Å². The van der Waals surface area contributed by atoms with Gasteiger partial charge in [-0.2, -0.15) is 5.10 Å². The molecule has 0 bridgehead atoms. The van der Waals surface area contributed by atoms with E-state index in [1.54, 1.807) is 43.3 Å². The number of nitrogens with one attached hydrogen (secondary N) is 1. The molecular weight excluding hydrogens is 316 g/mol. The van der Waals surface area contributed by atoms with Crippen LogP contribution in [0, 0.1) is 6.92 Å². The van der Waals surface area contributed by atoms with E-state index < -0.39 is 12.0 Å². The van der Waals surface area contributed by atoms with Crippen LogP contribution in [0.25, 0.3) is 0 Å². The van der Waals surface area contributed by atoms with E-state index in [2.05, 4.69) is 10.5 Å². The molecule has 0 aromatic heterocycles. The van der Waals surface area contributed by atoms with Crippen LogP contribution in [0.15, 0.2) is 47.6 Å². The number of para-hydroxylation sites is 1. The van der Waals surface area contributed by atoms with E-state index in [-0.39, 0.29) is 5.75 Å². The number of phenolic OH excluding ortho intramolecular Hbond substituents is 1. The van der Waals surface area contributed by atoms with Gasteiger partial charge >= 0.3 is 0 Å². The third kappa shape index (κ3) is 4.72. The first-order valence-corrected chi connectivity index (χ1v) is 7.39. The Balaban J connectivity index is 1.94. The first kappa shape index (κ1) is 16.8. The number of aromatic hydroxyl groups is 1. The van der Waals surface area contributed by atoms with E-state index in [4.69, 9.17) is 16.3 Å². The van der Waals surface area contributed by atoms with Crippen LogP contribution in [-0.4, -0.2) is 23.3 Å². The van der Waals surface area contributed by atoms with Gasteiger partial charge in [-0.05, 0) is 49.7 Å². The number of hydrazone groups is 1. The van der Waals surface area contributed by atoms with E-state index in [0.717, 1.165) is 5.56 Å². The van der Waals surface area contributed by atoms with Gasteiger partial charge in [-0.15, -0.1) is 0 Å². The fourth-order valence-electron chi connectivity index (χ4n) is 1.84. The van der Waals surface area contributed by atoms with Crippen LogP contribution < -0.4 is 10.2 Å². The highest BCUT2D eigenvalue weighted by molar-refractivity contribution is 6.30. The predicted octanol–water partition coefficient (Wildman–Crippen LogP) is 3.27. The molecule has 0 saturated heterocycles. The van der Waals surface area contributed by atoms with E-state index in [1.807, 2.05) is 6.92 Å². The van der Waals surface area contributed by atoms with Crippen LogP contribution in [0.5, 0.6) is 11.5 Å². The van der Waals surface area contributed by atoms with Crippen molar-refractivity contribution < 1.29 is 14.6 Å². The number of hydrogen-bond acceptors (Lipinski definition) is 4. The van der Waals surface area contributed by atoms with Crippen molar-refractivity contribution in [2.75, 3.05) is 0 Å². The number of benzene rings is 2. The minimum absolute atomic E-state index is 0.0894. The number of ether oxygens (including phenoxy) is 1. The average molecular weight is 333 g/mol. The van der Waals surface area contributed by atoms with Crippen LogP contribution in [0.4, 0.5) is 0 Å². The molecule has 0 saturated carbocycles. The Bertz CT molecular complexity index is 732. The lowest BCUT2D eigenvalue weighted by atomic mass is 10.2. The average Bonchev–Trinajstić information content (AvgIpc) is 2.51. The van der Waals surface area contributed by atoms with Crippen molar-refractivity contribution >= 4 is 23.7 Å². The minimum atomic E-state index is -0.726. The third-order valence-electron chi connectivity index (χ3n) is 3.13. The molecule has 120 valence electrons. The molecule has 2 N–H and O–H groups in total. The van der Waals surface area contributed by atoms with Gasteiger partial charge in [0.1, 0.15) is 11.5 Å². The minimum Gasteiger partial charge on any atom is -0.507 e. The topological polar surface area (TPSA) is 70.9 Å². The number of aryl methyl sites for hydroxylation is 1. The zero-order valence-corrected chi connectivity index (χ0v) is 13.5. The zero-order chi connectivity index (χ0) is 16.8. The second-order valence-corrected chi connectivity index (χ2v) is 5.40. The van der Waals surface area contributed by atoms with Gasteiger partial charge in [-0.1, -0.05) is 23.7 Å². The molecule has 5 nitrogen and oxygen atoms in total. The highest BCUT2D eigenvalue weighted by Crippen LogP contribution is 2.22. The molecule has 2 aromatic rings. The van der Waals surface area contributed by atoms with Crippen molar-refractivity contribution in [2.24, 2.45) is 5.10 Å². The molecule has 2 rings (SSSR count). The summed E-state index contributed by atoms with van der Waals surface area (Å²) in [7, 11) is 0. The fraction of sp³-hybridized carbons (Fsp3) is 0.176. The maximum atomic E-state index is 12.0.